The third-order valence-corrected chi connectivity index (χ3v) is 5.70. The summed E-state index contributed by atoms with van der Waals surface area (Å²) in [6.07, 6.45) is 6.92. The van der Waals surface area contributed by atoms with Crippen molar-refractivity contribution in [2.24, 2.45) is 11.1 Å². The molecule has 1 atom stereocenters. The van der Waals surface area contributed by atoms with E-state index in [1.165, 1.54) is 5.69 Å². The van der Waals surface area contributed by atoms with E-state index >= 15 is 0 Å². The fraction of sp³-hybridized carbons (Fsp3) is 0.368. The summed E-state index contributed by atoms with van der Waals surface area (Å²) in [5.74, 6) is 0.633. The zero-order valence-corrected chi connectivity index (χ0v) is 15.9. The van der Waals surface area contributed by atoms with Gasteiger partial charge in [0, 0.05) is 31.5 Å². The quantitative estimate of drug-likeness (QED) is 0.681. The number of nitrogens with two attached hydrogens (primary N) is 1. The number of pyridine rings is 1. The van der Waals surface area contributed by atoms with Crippen molar-refractivity contribution in [1.29, 1.82) is 0 Å². The molecule has 3 heterocycles. The zero-order valence-electron chi connectivity index (χ0n) is 15.1. The van der Waals surface area contributed by atoms with Crippen molar-refractivity contribution in [2.75, 3.05) is 24.5 Å². The number of anilines is 1. The number of para-hydroxylation sites is 1. The number of rotatable bonds is 6. The number of imidazole rings is 1. The average molecular weight is 385 g/mol. The van der Waals surface area contributed by atoms with Crippen LogP contribution in [0.3, 0.4) is 0 Å². The summed E-state index contributed by atoms with van der Waals surface area (Å²) in [7, 11) is 0. The summed E-state index contributed by atoms with van der Waals surface area (Å²) >= 11 is -1.42. The molecule has 142 valence electrons. The molecule has 1 saturated heterocycles. The molecule has 0 bridgehead atoms. The van der Waals surface area contributed by atoms with E-state index < -0.39 is 11.2 Å². The van der Waals surface area contributed by atoms with Crippen molar-refractivity contribution in [3.05, 3.63) is 48.9 Å². The molecule has 0 radical (unpaired) electrons. The standard InChI is InChI=1S/C19H24N6OS/c20-27(26)23-11-6-15-8-12-24(13-9-15)17-7-10-21-19-18(17)25(14-22-19)16-4-2-1-3-5-16/h1-5,7,10,14-15,23H,6,8-9,11-13,20H2. The average Bonchev–Trinajstić information content (AvgIpc) is 3.13. The molecule has 0 aliphatic carbocycles. The lowest BCUT2D eigenvalue weighted by Crippen LogP contribution is -2.35. The van der Waals surface area contributed by atoms with Crippen molar-refractivity contribution in [1.82, 2.24) is 19.3 Å². The normalized spacial score (nSPS) is 16.7. The molecular weight excluding hydrogens is 360 g/mol. The third-order valence-electron chi connectivity index (χ3n) is 5.21. The van der Waals surface area contributed by atoms with Crippen molar-refractivity contribution in [2.45, 2.75) is 19.3 Å². The van der Waals surface area contributed by atoms with Gasteiger partial charge in [-0.1, -0.05) is 18.2 Å². The van der Waals surface area contributed by atoms with E-state index in [0.29, 0.717) is 12.5 Å². The molecule has 0 spiro atoms. The summed E-state index contributed by atoms with van der Waals surface area (Å²) in [6.45, 7) is 2.69. The van der Waals surface area contributed by atoms with Gasteiger partial charge in [0.05, 0.1) is 5.69 Å². The van der Waals surface area contributed by atoms with Gasteiger partial charge in [0.25, 0.3) is 0 Å². The van der Waals surface area contributed by atoms with E-state index in [9.17, 15) is 4.21 Å². The van der Waals surface area contributed by atoms with E-state index in [4.69, 9.17) is 5.14 Å². The van der Waals surface area contributed by atoms with E-state index in [0.717, 1.165) is 49.2 Å². The molecule has 0 saturated carbocycles. The monoisotopic (exact) mass is 384 g/mol. The molecule has 27 heavy (non-hydrogen) atoms. The molecule has 0 amide bonds. The maximum atomic E-state index is 10.9. The molecule has 8 heteroatoms. The highest BCUT2D eigenvalue weighted by molar-refractivity contribution is 7.80. The minimum atomic E-state index is -1.42. The van der Waals surface area contributed by atoms with Crippen LogP contribution in [-0.2, 0) is 11.2 Å². The van der Waals surface area contributed by atoms with Gasteiger partial charge in [-0.3, -0.25) is 4.57 Å². The number of nitrogens with one attached hydrogen (secondary N) is 1. The first-order chi connectivity index (χ1) is 13.2. The first-order valence-electron chi connectivity index (χ1n) is 9.24. The molecule has 7 nitrogen and oxygen atoms in total. The van der Waals surface area contributed by atoms with Gasteiger partial charge in [-0.2, -0.15) is 0 Å². The minimum absolute atomic E-state index is 0.633. The number of piperidine rings is 1. The number of nitrogens with zero attached hydrogens (tertiary/aromatic N) is 4. The van der Waals surface area contributed by atoms with Gasteiger partial charge in [0.2, 0.25) is 0 Å². The van der Waals surface area contributed by atoms with Crippen LogP contribution in [0.4, 0.5) is 5.69 Å². The van der Waals surface area contributed by atoms with Crippen molar-refractivity contribution < 1.29 is 4.21 Å². The number of aromatic nitrogens is 3. The Labute approximate surface area is 161 Å². The molecule has 3 N–H and O–H groups in total. The molecule has 2 aromatic heterocycles. The lowest BCUT2D eigenvalue weighted by molar-refractivity contribution is 0.383. The van der Waals surface area contributed by atoms with Crippen LogP contribution < -0.4 is 14.8 Å². The molecule has 1 fully saturated rings. The number of benzene rings is 1. The van der Waals surface area contributed by atoms with Gasteiger partial charge in [0.1, 0.15) is 11.8 Å². The van der Waals surface area contributed by atoms with Crippen LogP contribution in [0.25, 0.3) is 16.9 Å². The second-order valence-corrected chi connectivity index (χ2v) is 7.75. The van der Waals surface area contributed by atoms with Gasteiger partial charge in [-0.25, -0.2) is 24.0 Å². The van der Waals surface area contributed by atoms with Crippen molar-refractivity contribution in [3.8, 4) is 5.69 Å². The first-order valence-corrected chi connectivity index (χ1v) is 10.5. The van der Waals surface area contributed by atoms with Crippen LogP contribution in [0, 0.1) is 5.92 Å². The third kappa shape index (κ3) is 4.02. The molecule has 1 aliphatic heterocycles. The van der Waals surface area contributed by atoms with Crippen molar-refractivity contribution >= 4 is 28.0 Å². The fourth-order valence-corrected chi connectivity index (χ4v) is 4.11. The van der Waals surface area contributed by atoms with Crippen LogP contribution in [0.15, 0.2) is 48.9 Å². The topological polar surface area (TPSA) is 89.1 Å². The fourth-order valence-electron chi connectivity index (χ4n) is 3.79. The van der Waals surface area contributed by atoms with E-state index in [2.05, 4.69) is 42.4 Å². The van der Waals surface area contributed by atoms with Gasteiger partial charge in [-0.15, -0.1) is 0 Å². The Hall–Kier alpha value is -2.29. The summed E-state index contributed by atoms with van der Waals surface area (Å²) in [6, 6.07) is 12.3. The Morgan fingerprint density at radius 2 is 1.93 bits per heavy atom. The summed E-state index contributed by atoms with van der Waals surface area (Å²) in [5, 5.41) is 5.25. The van der Waals surface area contributed by atoms with Crippen LogP contribution in [0.1, 0.15) is 19.3 Å². The molecule has 3 aromatic rings. The van der Waals surface area contributed by atoms with Gasteiger partial charge in [0.15, 0.2) is 16.8 Å². The van der Waals surface area contributed by atoms with Gasteiger partial charge in [-0.05, 0) is 43.4 Å². The first kappa shape index (κ1) is 18.1. The second kappa shape index (κ2) is 8.16. The number of hydrogen-bond acceptors (Lipinski definition) is 4. The zero-order chi connectivity index (χ0) is 18.6. The predicted molar refractivity (Wildman–Crippen MR) is 109 cm³/mol. The van der Waals surface area contributed by atoms with Crippen LogP contribution in [0.5, 0.6) is 0 Å². The van der Waals surface area contributed by atoms with E-state index in [1.807, 2.05) is 30.7 Å². The van der Waals surface area contributed by atoms with Crippen LogP contribution >= 0.6 is 0 Å². The van der Waals surface area contributed by atoms with Gasteiger partial charge < -0.3 is 4.90 Å². The molecule has 1 unspecified atom stereocenters. The molecule has 1 aromatic carbocycles. The Kier molecular flexibility index (Phi) is 5.47. The lowest BCUT2D eigenvalue weighted by atomic mass is 9.93. The Morgan fingerprint density at radius 1 is 1.15 bits per heavy atom. The summed E-state index contributed by atoms with van der Waals surface area (Å²) in [4.78, 5) is 11.4. The highest BCUT2D eigenvalue weighted by Crippen LogP contribution is 2.31. The van der Waals surface area contributed by atoms with Gasteiger partial charge >= 0.3 is 0 Å². The molecular formula is C19H24N6OS. The SMILES string of the molecule is NS(=O)NCCC1CCN(c2ccnc3ncn(-c4ccccc4)c23)CC1. The number of hydrogen-bond donors (Lipinski definition) is 2. The summed E-state index contributed by atoms with van der Waals surface area (Å²) < 4.78 is 15.8. The maximum absolute atomic E-state index is 10.9. The smallest absolute Gasteiger partial charge is 0.180 e. The second-order valence-electron chi connectivity index (χ2n) is 6.86. The Morgan fingerprint density at radius 3 is 2.67 bits per heavy atom. The lowest BCUT2D eigenvalue weighted by Gasteiger charge is -2.34. The highest BCUT2D eigenvalue weighted by Gasteiger charge is 2.22. The Bertz CT molecular complexity index is 920. The van der Waals surface area contributed by atoms with Crippen LogP contribution in [-0.4, -0.2) is 38.4 Å². The molecule has 1 aliphatic rings. The summed E-state index contributed by atoms with van der Waals surface area (Å²) in [5.41, 5.74) is 4.10. The minimum Gasteiger partial charge on any atom is -0.370 e. The molecule has 4 rings (SSSR count). The maximum Gasteiger partial charge on any atom is 0.180 e. The Balaban J connectivity index is 1.53. The highest BCUT2D eigenvalue weighted by atomic mass is 32.2. The van der Waals surface area contributed by atoms with Crippen LogP contribution in [0.2, 0.25) is 0 Å². The van der Waals surface area contributed by atoms with E-state index in [1.54, 1.807) is 0 Å². The van der Waals surface area contributed by atoms with Crippen molar-refractivity contribution in [3.63, 3.8) is 0 Å². The largest absolute Gasteiger partial charge is 0.370 e. The number of fused-ring (bicyclic) bond motifs is 1. The van der Waals surface area contributed by atoms with E-state index in [-0.39, 0.29) is 0 Å². The predicted octanol–water partition coefficient (Wildman–Crippen LogP) is 2.15.